The van der Waals surface area contributed by atoms with E-state index in [0.29, 0.717) is 11.4 Å². The van der Waals surface area contributed by atoms with Crippen molar-refractivity contribution in [2.24, 2.45) is 4.99 Å². The summed E-state index contributed by atoms with van der Waals surface area (Å²) in [6, 6.07) is 7.47. The van der Waals surface area contributed by atoms with Crippen LogP contribution in [-0.4, -0.2) is 23.8 Å². The number of benzene rings is 1. The van der Waals surface area contributed by atoms with Crippen LogP contribution in [0.2, 0.25) is 0 Å². The van der Waals surface area contributed by atoms with Crippen molar-refractivity contribution in [1.29, 1.82) is 0 Å². The van der Waals surface area contributed by atoms with E-state index in [4.69, 9.17) is 0 Å². The number of amidine groups is 1. The number of pyridine rings is 1. The van der Waals surface area contributed by atoms with E-state index in [1.165, 1.54) is 35.6 Å². The molecule has 1 aromatic carbocycles. The zero-order valence-corrected chi connectivity index (χ0v) is 17.3. The highest BCUT2D eigenvalue weighted by Crippen LogP contribution is 2.32. The summed E-state index contributed by atoms with van der Waals surface area (Å²) in [5.41, 5.74) is 3.54. The first-order valence-corrected chi connectivity index (χ1v) is 9.63. The SMILES string of the molecule is CC.CN=C(NC(=O)c1ccc(F)cc1)c1sc2nc(C)cc(C)c2c1C. The average molecular weight is 386 g/mol. The first-order chi connectivity index (χ1) is 12.9. The molecule has 27 heavy (non-hydrogen) atoms. The third kappa shape index (κ3) is 4.39. The lowest BCUT2D eigenvalue weighted by Crippen LogP contribution is -2.31. The number of aliphatic imine (C=N–C) groups is 1. The molecule has 0 saturated carbocycles. The Morgan fingerprint density at radius 2 is 1.78 bits per heavy atom. The quantitative estimate of drug-likeness (QED) is 0.487. The monoisotopic (exact) mass is 385 g/mol. The summed E-state index contributed by atoms with van der Waals surface area (Å²) < 4.78 is 13.0. The zero-order chi connectivity index (χ0) is 20.1. The summed E-state index contributed by atoms with van der Waals surface area (Å²) in [6.45, 7) is 10.0. The number of carbonyl (C=O) groups is 1. The van der Waals surface area contributed by atoms with Crippen LogP contribution < -0.4 is 5.32 Å². The second-order valence-corrected chi connectivity index (χ2v) is 6.85. The Labute approximate surface area is 163 Å². The van der Waals surface area contributed by atoms with Crippen LogP contribution in [0.25, 0.3) is 10.2 Å². The largest absolute Gasteiger partial charge is 0.306 e. The van der Waals surface area contributed by atoms with Crippen LogP contribution in [0.1, 0.15) is 45.9 Å². The first kappa shape index (κ1) is 20.7. The number of nitrogens with zero attached hydrogens (tertiary/aromatic N) is 2. The maximum Gasteiger partial charge on any atom is 0.256 e. The molecule has 4 nitrogen and oxygen atoms in total. The maximum atomic E-state index is 13.0. The molecular weight excluding hydrogens is 361 g/mol. The maximum absolute atomic E-state index is 13.0. The highest BCUT2D eigenvalue weighted by atomic mass is 32.1. The van der Waals surface area contributed by atoms with Crippen LogP contribution >= 0.6 is 11.3 Å². The average Bonchev–Trinajstić information content (AvgIpc) is 2.98. The fourth-order valence-electron chi connectivity index (χ4n) is 2.84. The molecule has 0 aliphatic heterocycles. The molecule has 142 valence electrons. The van der Waals surface area contributed by atoms with Crippen LogP contribution in [0, 0.1) is 26.6 Å². The number of thiophene rings is 1. The van der Waals surface area contributed by atoms with Gasteiger partial charge in [0, 0.05) is 23.7 Å². The highest BCUT2D eigenvalue weighted by Gasteiger charge is 2.18. The van der Waals surface area contributed by atoms with Crippen LogP contribution in [0.15, 0.2) is 35.3 Å². The molecule has 0 unspecified atom stereocenters. The van der Waals surface area contributed by atoms with Crippen LogP contribution in [0.4, 0.5) is 4.39 Å². The summed E-state index contributed by atoms with van der Waals surface area (Å²) in [4.78, 5) is 23.1. The van der Waals surface area contributed by atoms with Crippen molar-refractivity contribution < 1.29 is 9.18 Å². The predicted octanol–water partition coefficient (Wildman–Crippen LogP) is 5.19. The van der Waals surface area contributed by atoms with Gasteiger partial charge in [0.05, 0.1) is 4.88 Å². The summed E-state index contributed by atoms with van der Waals surface area (Å²) in [6.07, 6.45) is 0. The first-order valence-electron chi connectivity index (χ1n) is 8.82. The van der Waals surface area contributed by atoms with Crippen LogP contribution in [0.5, 0.6) is 0 Å². The smallest absolute Gasteiger partial charge is 0.256 e. The summed E-state index contributed by atoms with van der Waals surface area (Å²) >= 11 is 1.51. The van der Waals surface area contributed by atoms with Crippen molar-refractivity contribution >= 4 is 33.3 Å². The normalized spacial score (nSPS) is 11.1. The van der Waals surface area contributed by atoms with Gasteiger partial charge in [0.2, 0.25) is 0 Å². The van der Waals surface area contributed by atoms with Crippen molar-refractivity contribution in [2.75, 3.05) is 7.05 Å². The minimum atomic E-state index is -0.377. The number of aryl methyl sites for hydroxylation is 3. The van der Waals surface area contributed by atoms with Gasteiger partial charge in [-0.05, 0) is 62.2 Å². The number of hydrogen-bond acceptors (Lipinski definition) is 4. The van der Waals surface area contributed by atoms with Crippen LogP contribution in [-0.2, 0) is 0 Å². The molecule has 0 spiro atoms. The molecule has 3 rings (SSSR count). The predicted molar refractivity (Wildman–Crippen MR) is 112 cm³/mol. The van der Waals surface area contributed by atoms with Gasteiger partial charge in [0.25, 0.3) is 5.91 Å². The van der Waals surface area contributed by atoms with Crippen molar-refractivity contribution in [3.63, 3.8) is 0 Å². The number of halogens is 1. The minimum absolute atomic E-state index is 0.321. The third-order valence-electron chi connectivity index (χ3n) is 4.00. The fraction of sp³-hybridized carbons (Fsp3) is 0.286. The third-order valence-corrected chi connectivity index (χ3v) is 5.20. The second-order valence-electron chi connectivity index (χ2n) is 5.85. The molecule has 3 aromatic rings. The minimum Gasteiger partial charge on any atom is -0.306 e. The number of nitrogens with one attached hydrogen (secondary N) is 1. The molecule has 0 radical (unpaired) electrons. The molecule has 1 amide bonds. The Hall–Kier alpha value is -2.60. The number of aromatic nitrogens is 1. The molecule has 0 aliphatic rings. The molecule has 0 saturated heterocycles. The van der Waals surface area contributed by atoms with Crippen molar-refractivity contribution in [1.82, 2.24) is 10.3 Å². The van der Waals surface area contributed by atoms with Gasteiger partial charge in [-0.15, -0.1) is 11.3 Å². The number of carbonyl (C=O) groups excluding carboxylic acids is 1. The number of amides is 1. The van der Waals surface area contributed by atoms with E-state index in [1.54, 1.807) is 7.05 Å². The lowest BCUT2D eigenvalue weighted by Gasteiger charge is -2.08. The van der Waals surface area contributed by atoms with Crippen molar-refractivity contribution in [2.45, 2.75) is 34.6 Å². The zero-order valence-electron chi connectivity index (χ0n) is 16.5. The van der Waals surface area contributed by atoms with E-state index in [2.05, 4.69) is 22.2 Å². The van der Waals surface area contributed by atoms with E-state index in [9.17, 15) is 9.18 Å². The molecule has 0 fully saturated rings. The van der Waals surface area contributed by atoms with Gasteiger partial charge < -0.3 is 5.32 Å². The van der Waals surface area contributed by atoms with Gasteiger partial charge in [0.15, 0.2) is 0 Å². The van der Waals surface area contributed by atoms with Crippen LogP contribution in [0.3, 0.4) is 0 Å². The Balaban J connectivity index is 0.00000126. The van der Waals surface area contributed by atoms with Gasteiger partial charge in [-0.2, -0.15) is 0 Å². The van der Waals surface area contributed by atoms with E-state index in [0.717, 1.165) is 31.9 Å². The molecule has 2 aromatic heterocycles. The molecule has 1 N–H and O–H groups in total. The summed E-state index contributed by atoms with van der Waals surface area (Å²) in [5.74, 6) is -0.205. The number of fused-ring (bicyclic) bond motifs is 1. The van der Waals surface area contributed by atoms with E-state index in [1.807, 2.05) is 33.8 Å². The summed E-state index contributed by atoms with van der Waals surface area (Å²) in [5, 5.41) is 3.93. The lowest BCUT2D eigenvalue weighted by atomic mass is 10.1. The molecule has 6 heteroatoms. The fourth-order valence-corrected chi connectivity index (χ4v) is 4.13. The second kappa shape index (κ2) is 8.86. The Morgan fingerprint density at radius 3 is 2.37 bits per heavy atom. The number of hydrogen-bond donors (Lipinski definition) is 1. The van der Waals surface area contributed by atoms with E-state index >= 15 is 0 Å². The summed E-state index contributed by atoms with van der Waals surface area (Å²) in [7, 11) is 1.63. The van der Waals surface area contributed by atoms with E-state index in [-0.39, 0.29) is 11.7 Å². The Bertz CT molecular complexity index is 991. The van der Waals surface area contributed by atoms with E-state index < -0.39 is 0 Å². The molecule has 2 heterocycles. The van der Waals surface area contributed by atoms with Gasteiger partial charge in [-0.25, -0.2) is 9.37 Å². The van der Waals surface area contributed by atoms with Gasteiger partial charge >= 0.3 is 0 Å². The van der Waals surface area contributed by atoms with Crippen molar-refractivity contribution in [3.05, 3.63) is 63.4 Å². The highest BCUT2D eigenvalue weighted by molar-refractivity contribution is 7.20. The molecule has 0 bridgehead atoms. The lowest BCUT2D eigenvalue weighted by molar-refractivity contribution is 0.0977. The standard InChI is InChI=1S/C19H18FN3OS.C2H6/c1-10-9-11(2)22-19-15(10)12(3)16(25-19)17(21-4)23-18(24)13-5-7-14(20)8-6-13;1-2/h5-9H,1-4H3,(H,21,23,24);1-2H3. The molecular formula is C21H24FN3OS. The topological polar surface area (TPSA) is 54.4 Å². The number of rotatable bonds is 2. The Kier molecular flexibility index (Phi) is 6.80. The molecule has 0 aliphatic carbocycles. The molecule has 0 atom stereocenters. The van der Waals surface area contributed by atoms with Crippen molar-refractivity contribution in [3.8, 4) is 0 Å². The Morgan fingerprint density at radius 1 is 1.15 bits per heavy atom. The van der Waals surface area contributed by atoms with Gasteiger partial charge in [0.1, 0.15) is 16.5 Å². The van der Waals surface area contributed by atoms with Gasteiger partial charge in [-0.1, -0.05) is 13.8 Å². The van der Waals surface area contributed by atoms with Gasteiger partial charge in [-0.3, -0.25) is 9.79 Å².